The van der Waals surface area contributed by atoms with Crippen molar-refractivity contribution in [1.82, 2.24) is 4.90 Å². The molecule has 2 atom stereocenters. The van der Waals surface area contributed by atoms with E-state index in [0.29, 0.717) is 11.3 Å². The highest BCUT2D eigenvalue weighted by Crippen LogP contribution is 2.35. The molecular formula is C21H22ClFN2O7S. The van der Waals surface area contributed by atoms with Crippen molar-refractivity contribution in [3.63, 3.8) is 0 Å². The molecular weight excluding hydrogens is 479 g/mol. The van der Waals surface area contributed by atoms with Crippen LogP contribution in [-0.4, -0.2) is 61.5 Å². The fraction of sp³-hybridized carbons (Fsp3) is 0.333. The number of primary amides is 1. The van der Waals surface area contributed by atoms with Crippen LogP contribution in [0.5, 0.6) is 5.75 Å². The third kappa shape index (κ3) is 4.90. The molecule has 0 spiro atoms. The molecule has 0 radical (unpaired) electrons. The van der Waals surface area contributed by atoms with Crippen molar-refractivity contribution in [2.45, 2.75) is 28.8 Å². The number of ether oxygens (including phenoxy) is 2. The Morgan fingerprint density at radius 2 is 1.94 bits per heavy atom. The quantitative estimate of drug-likeness (QED) is 0.595. The first-order valence-corrected chi connectivity index (χ1v) is 11.7. The summed E-state index contributed by atoms with van der Waals surface area (Å²) in [7, 11) is -3.09. The number of benzene rings is 2. The molecule has 9 nitrogen and oxygen atoms in total. The number of methoxy groups -OCH3 is 1. The van der Waals surface area contributed by atoms with Gasteiger partial charge in [0.05, 0.1) is 16.5 Å². The maximum atomic E-state index is 13.3. The van der Waals surface area contributed by atoms with E-state index < -0.39 is 45.1 Å². The van der Waals surface area contributed by atoms with Crippen molar-refractivity contribution in [2.24, 2.45) is 5.73 Å². The second-order valence-electron chi connectivity index (χ2n) is 7.48. The number of aliphatic carboxylic acids is 1. The fourth-order valence-corrected chi connectivity index (χ4v) is 6.00. The minimum absolute atomic E-state index is 0.0303. The lowest BCUT2D eigenvalue weighted by Crippen LogP contribution is -2.65. The molecule has 0 saturated carbocycles. The van der Waals surface area contributed by atoms with Crippen LogP contribution in [0, 0.1) is 5.82 Å². The van der Waals surface area contributed by atoms with Gasteiger partial charge in [0.1, 0.15) is 23.4 Å². The van der Waals surface area contributed by atoms with Crippen molar-refractivity contribution in [2.75, 3.05) is 20.2 Å². The standard InChI is InChI=1S/C21H22ClFN2O7S/c1-31-21(19(26)27)12-25(20(24)28)9-8-18(21)33(29,30)16-6-4-15(5-7-16)32-11-13-2-3-14(23)10-17(13)22/h2-7,10,18H,8-9,11-12H2,1H3,(H2,24,28)(H,26,27). The Hall–Kier alpha value is -2.89. The highest BCUT2D eigenvalue weighted by Gasteiger charge is 2.56. The van der Waals surface area contributed by atoms with E-state index in [0.717, 1.165) is 18.1 Å². The maximum Gasteiger partial charge on any atom is 0.339 e. The van der Waals surface area contributed by atoms with Crippen molar-refractivity contribution >= 4 is 33.4 Å². The first-order valence-electron chi connectivity index (χ1n) is 9.75. The summed E-state index contributed by atoms with van der Waals surface area (Å²) in [6.07, 6.45) is -0.174. The van der Waals surface area contributed by atoms with Gasteiger partial charge in [0.25, 0.3) is 0 Å². The summed E-state index contributed by atoms with van der Waals surface area (Å²) in [5.41, 5.74) is 3.62. The summed E-state index contributed by atoms with van der Waals surface area (Å²) < 4.78 is 50.6. The summed E-state index contributed by atoms with van der Waals surface area (Å²) in [6.45, 7) is -0.502. The van der Waals surface area contributed by atoms with Gasteiger partial charge in [0.15, 0.2) is 15.4 Å². The second kappa shape index (κ2) is 9.54. The van der Waals surface area contributed by atoms with E-state index in [1.54, 1.807) is 0 Å². The van der Waals surface area contributed by atoms with Crippen molar-refractivity contribution in [3.05, 3.63) is 58.9 Å². The van der Waals surface area contributed by atoms with Crippen LogP contribution >= 0.6 is 11.6 Å². The number of rotatable bonds is 7. The van der Waals surface area contributed by atoms with Gasteiger partial charge in [-0.3, -0.25) is 0 Å². The fourth-order valence-electron chi connectivity index (χ4n) is 3.74. The van der Waals surface area contributed by atoms with Gasteiger partial charge in [0.2, 0.25) is 0 Å². The van der Waals surface area contributed by atoms with E-state index in [-0.39, 0.29) is 29.5 Å². The highest BCUT2D eigenvalue weighted by atomic mass is 35.5. The topological polar surface area (TPSA) is 136 Å². The Balaban J connectivity index is 1.82. The van der Waals surface area contributed by atoms with Crippen LogP contribution in [0.2, 0.25) is 5.02 Å². The van der Waals surface area contributed by atoms with Gasteiger partial charge >= 0.3 is 12.0 Å². The first-order chi connectivity index (χ1) is 15.5. The van der Waals surface area contributed by atoms with Gasteiger partial charge in [-0.1, -0.05) is 17.7 Å². The predicted molar refractivity (Wildman–Crippen MR) is 116 cm³/mol. The number of nitrogens with two attached hydrogens (primary N) is 1. The van der Waals surface area contributed by atoms with Crippen LogP contribution in [0.4, 0.5) is 9.18 Å². The number of likely N-dealkylation sites (tertiary alicyclic amines) is 1. The molecule has 2 amide bonds. The number of carbonyl (C=O) groups excluding carboxylic acids is 1. The second-order valence-corrected chi connectivity index (χ2v) is 10.0. The molecule has 2 aromatic carbocycles. The number of carboxylic acid groups (broad SMARTS) is 1. The summed E-state index contributed by atoms with van der Waals surface area (Å²) in [5.74, 6) is -1.66. The number of piperidine rings is 1. The zero-order valence-electron chi connectivity index (χ0n) is 17.5. The Labute approximate surface area is 194 Å². The number of nitrogens with zero attached hydrogens (tertiary/aromatic N) is 1. The summed E-state index contributed by atoms with van der Waals surface area (Å²) in [4.78, 5) is 24.5. The number of amides is 2. The Bertz CT molecular complexity index is 1160. The molecule has 0 bridgehead atoms. The number of hydrogen-bond acceptors (Lipinski definition) is 6. The molecule has 1 heterocycles. The largest absolute Gasteiger partial charge is 0.489 e. The number of halogens is 2. The van der Waals surface area contributed by atoms with Crippen molar-refractivity contribution in [3.8, 4) is 5.75 Å². The smallest absolute Gasteiger partial charge is 0.339 e. The number of carbonyl (C=O) groups is 2. The van der Waals surface area contributed by atoms with E-state index in [1.165, 1.54) is 36.4 Å². The zero-order valence-corrected chi connectivity index (χ0v) is 19.1. The Kier molecular flexibility index (Phi) is 7.15. The van der Waals surface area contributed by atoms with E-state index in [2.05, 4.69) is 0 Å². The molecule has 1 aliphatic rings. The lowest BCUT2D eigenvalue weighted by molar-refractivity contribution is -0.166. The lowest BCUT2D eigenvalue weighted by Gasteiger charge is -2.43. The van der Waals surface area contributed by atoms with Gasteiger partial charge in [-0.25, -0.2) is 22.4 Å². The average molecular weight is 501 g/mol. The number of carboxylic acids is 1. The minimum atomic E-state index is -4.17. The molecule has 1 aliphatic heterocycles. The van der Waals surface area contributed by atoms with Gasteiger partial charge in [-0.05, 0) is 42.8 Å². The Morgan fingerprint density at radius 1 is 1.27 bits per heavy atom. The number of sulfone groups is 1. The molecule has 33 heavy (non-hydrogen) atoms. The molecule has 2 aromatic rings. The van der Waals surface area contributed by atoms with Gasteiger partial charge < -0.3 is 25.2 Å². The molecule has 12 heteroatoms. The Morgan fingerprint density at radius 3 is 2.48 bits per heavy atom. The molecule has 1 fully saturated rings. The van der Waals surface area contributed by atoms with Crippen LogP contribution in [0.25, 0.3) is 0 Å². The van der Waals surface area contributed by atoms with Crippen LogP contribution in [0.3, 0.4) is 0 Å². The summed E-state index contributed by atoms with van der Waals surface area (Å²) in [6, 6.07) is 8.43. The van der Waals surface area contributed by atoms with E-state index in [9.17, 15) is 27.5 Å². The van der Waals surface area contributed by atoms with Gasteiger partial charge in [-0.15, -0.1) is 0 Å². The van der Waals surface area contributed by atoms with Crippen LogP contribution in [0.15, 0.2) is 47.4 Å². The van der Waals surface area contributed by atoms with Gasteiger partial charge in [0, 0.05) is 19.2 Å². The molecule has 2 unspecified atom stereocenters. The first kappa shape index (κ1) is 24.7. The highest BCUT2D eigenvalue weighted by molar-refractivity contribution is 7.92. The van der Waals surface area contributed by atoms with Crippen LogP contribution in [0.1, 0.15) is 12.0 Å². The van der Waals surface area contributed by atoms with Crippen LogP contribution in [-0.2, 0) is 26.0 Å². The van der Waals surface area contributed by atoms with E-state index in [1.807, 2.05) is 0 Å². The predicted octanol–water partition coefficient (Wildman–Crippen LogP) is 2.45. The van der Waals surface area contributed by atoms with Gasteiger partial charge in [-0.2, -0.15) is 0 Å². The van der Waals surface area contributed by atoms with Crippen molar-refractivity contribution < 1.29 is 37.0 Å². The van der Waals surface area contributed by atoms with E-state index >= 15 is 0 Å². The third-order valence-corrected chi connectivity index (χ3v) is 8.23. The minimum Gasteiger partial charge on any atom is -0.489 e. The molecule has 0 aliphatic carbocycles. The molecule has 1 saturated heterocycles. The van der Waals surface area contributed by atoms with Crippen LogP contribution < -0.4 is 10.5 Å². The maximum absolute atomic E-state index is 13.3. The monoisotopic (exact) mass is 500 g/mol. The molecule has 0 aromatic heterocycles. The van der Waals surface area contributed by atoms with E-state index in [4.69, 9.17) is 26.8 Å². The number of hydrogen-bond donors (Lipinski definition) is 2. The molecule has 178 valence electrons. The van der Waals surface area contributed by atoms with Crippen molar-refractivity contribution in [1.29, 1.82) is 0 Å². The lowest BCUT2D eigenvalue weighted by atomic mass is 9.92. The average Bonchev–Trinajstić information content (AvgIpc) is 2.78. The SMILES string of the molecule is COC1(C(=O)O)CN(C(N)=O)CCC1S(=O)(=O)c1ccc(OCc2ccc(F)cc2Cl)cc1. The normalized spacial score (nSPS) is 20.9. The zero-order chi connectivity index (χ0) is 24.4. The summed E-state index contributed by atoms with van der Waals surface area (Å²) >= 11 is 5.97. The third-order valence-electron chi connectivity index (χ3n) is 5.58. The molecule has 3 N–H and O–H groups in total. The molecule has 3 rings (SSSR count). The number of urea groups is 1. The summed E-state index contributed by atoms with van der Waals surface area (Å²) in [5, 5.41) is 8.55.